The van der Waals surface area contributed by atoms with Crippen molar-refractivity contribution in [2.24, 2.45) is 10.3 Å². The third kappa shape index (κ3) is 8.46. The van der Waals surface area contributed by atoms with E-state index in [0.717, 1.165) is 51.2 Å². The first-order valence-electron chi connectivity index (χ1n) is 9.56. The summed E-state index contributed by atoms with van der Waals surface area (Å²) in [5.41, 5.74) is 1.27. The standard InChI is InChI=1S/C20H24N6O4/c27-19(13-21-29)23-17-7-5-11-25(15-17)9-3-1-2-4-10-26-12-6-8-18(16-26)24-20(28)14-22-30/h5-8,11-16H,1-4,9-10H2,(H2-2,23,24,27,28,29,30)/p+2. The highest BCUT2D eigenvalue weighted by molar-refractivity contribution is 6.31. The summed E-state index contributed by atoms with van der Waals surface area (Å²) in [5, 5.41) is 27.4. The van der Waals surface area contributed by atoms with Gasteiger partial charge in [-0.1, -0.05) is 10.3 Å². The number of oxime groups is 2. The molecule has 0 atom stereocenters. The van der Waals surface area contributed by atoms with Crippen LogP contribution >= 0.6 is 0 Å². The van der Waals surface area contributed by atoms with Crippen molar-refractivity contribution < 1.29 is 29.1 Å². The maximum atomic E-state index is 11.4. The molecule has 2 amide bonds. The lowest BCUT2D eigenvalue weighted by Gasteiger charge is -2.03. The predicted octanol–water partition coefficient (Wildman–Crippen LogP) is 1.32. The molecule has 0 aliphatic carbocycles. The van der Waals surface area contributed by atoms with E-state index < -0.39 is 11.8 Å². The van der Waals surface area contributed by atoms with Crippen molar-refractivity contribution >= 4 is 35.6 Å². The molecule has 0 fully saturated rings. The van der Waals surface area contributed by atoms with Gasteiger partial charge in [0.15, 0.2) is 24.8 Å². The Balaban J connectivity index is 1.69. The SMILES string of the molecule is O=C(/C=N\O)Nc1ccc[n+](CCCCCC[n+]2cccc(NC(=O)/C=N\O)c2)c1. The average Bonchev–Trinajstić information content (AvgIpc) is 2.71. The van der Waals surface area contributed by atoms with Crippen LogP contribution in [0.4, 0.5) is 11.4 Å². The van der Waals surface area contributed by atoms with Gasteiger partial charge in [-0.2, -0.15) is 0 Å². The molecule has 2 rings (SSSR count). The van der Waals surface area contributed by atoms with Crippen molar-refractivity contribution in [3.05, 3.63) is 49.1 Å². The zero-order valence-electron chi connectivity index (χ0n) is 16.5. The molecule has 10 nitrogen and oxygen atoms in total. The Morgan fingerprint density at radius 3 is 1.63 bits per heavy atom. The van der Waals surface area contributed by atoms with Crippen molar-refractivity contribution in [2.75, 3.05) is 10.6 Å². The number of rotatable bonds is 11. The number of carbonyl (C=O) groups excluding carboxylic acids is 2. The molecule has 158 valence electrons. The highest BCUT2D eigenvalue weighted by atomic mass is 16.4. The summed E-state index contributed by atoms with van der Waals surface area (Å²) in [6.07, 6.45) is 13.3. The Morgan fingerprint density at radius 1 is 0.800 bits per heavy atom. The van der Waals surface area contributed by atoms with Crippen LogP contribution in [0.2, 0.25) is 0 Å². The van der Waals surface area contributed by atoms with Gasteiger partial charge in [0.1, 0.15) is 36.9 Å². The fourth-order valence-electron chi connectivity index (χ4n) is 2.87. The third-order valence-electron chi connectivity index (χ3n) is 4.18. The predicted molar refractivity (Wildman–Crippen MR) is 110 cm³/mol. The molecule has 0 radical (unpaired) electrons. The van der Waals surface area contributed by atoms with Crippen molar-refractivity contribution in [3.63, 3.8) is 0 Å². The quantitative estimate of drug-likeness (QED) is 0.145. The number of pyridine rings is 2. The Hall–Kier alpha value is -3.82. The van der Waals surface area contributed by atoms with E-state index in [0.29, 0.717) is 11.4 Å². The summed E-state index contributed by atoms with van der Waals surface area (Å²) in [5.74, 6) is -0.976. The first-order valence-corrected chi connectivity index (χ1v) is 9.56. The highest BCUT2D eigenvalue weighted by Gasteiger charge is 2.07. The number of unbranched alkanes of at least 4 members (excludes halogenated alkanes) is 3. The van der Waals surface area contributed by atoms with E-state index >= 15 is 0 Å². The Labute approximate surface area is 174 Å². The molecule has 0 aliphatic heterocycles. The molecule has 2 aromatic rings. The molecule has 30 heavy (non-hydrogen) atoms. The van der Waals surface area contributed by atoms with Gasteiger partial charge in [0.05, 0.1) is 0 Å². The van der Waals surface area contributed by atoms with Gasteiger partial charge in [-0.3, -0.25) is 9.59 Å². The second-order valence-electron chi connectivity index (χ2n) is 6.54. The minimum atomic E-state index is -0.488. The van der Waals surface area contributed by atoms with Gasteiger partial charge < -0.3 is 21.0 Å². The van der Waals surface area contributed by atoms with Crippen LogP contribution in [0.15, 0.2) is 59.4 Å². The number of aromatic nitrogens is 2. The fourth-order valence-corrected chi connectivity index (χ4v) is 2.87. The van der Waals surface area contributed by atoms with Crippen molar-refractivity contribution in [3.8, 4) is 0 Å². The molecule has 0 aliphatic rings. The molecule has 10 heteroatoms. The molecular weight excluding hydrogens is 388 g/mol. The highest BCUT2D eigenvalue weighted by Crippen LogP contribution is 2.05. The summed E-state index contributed by atoms with van der Waals surface area (Å²) in [6.45, 7) is 1.66. The van der Waals surface area contributed by atoms with Gasteiger partial charge >= 0.3 is 0 Å². The van der Waals surface area contributed by atoms with Gasteiger partial charge in [-0.15, -0.1) is 0 Å². The van der Waals surface area contributed by atoms with Crippen LogP contribution < -0.4 is 19.8 Å². The number of anilines is 2. The maximum Gasteiger partial charge on any atom is 0.270 e. The van der Waals surface area contributed by atoms with Crippen molar-refractivity contribution in [2.45, 2.75) is 38.8 Å². The zero-order chi connectivity index (χ0) is 21.6. The number of hydrogen-bond donors (Lipinski definition) is 4. The molecule has 2 aromatic heterocycles. The smallest absolute Gasteiger partial charge is 0.270 e. The molecule has 0 saturated carbocycles. The van der Waals surface area contributed by atoms with Gasteiger partial charge in [-0.25, -0.2) is 9.13 Å². The Bertz CT molecular complexity index is 827. The number of aryl methyl sites for hydroxylation is 2. The summed E-state index contributed by atoms with van der Waals surface area (Å²) >= 11 is 0. The molecule has 0 unspecified atom stereocenters. The van der Waals surface area contributed by atoms with Gasteiger partial charge in [0.2, 0.25) is 0 Å². The normalized spacial score (nSPS) is 11.1. The van der Waals surface area contributed by atoms with Gasteiger partial charge in [0.25, 0.3) is 11.8 Å². The zero-order valence-corrected chi connectivity index (χ0v) is 16.5. The Morgan fingerprint density at radius 2 is 1.23 bits per heavy atom. The molecule has 0 spiro atoms. The number of hydrogen-bond acceptors (Lipinski definition) is 6. The largest absolute Gasteiger partial charge is 0.411 e. The molecule has 2 heterocycles. The van der Waals surface area contributed by atoms with Crippen LogP contribution in [0, 0.1) is 0 Å². The minimum absolute atomic E-state index is 0.488. The maximum absolute atomic E-state index is 11.4. The Kier molecular flexibility index (Phi) is 9.44. The fraction of sp³-hybridized carbons (Fsp3) is 0.300. The lowest BCUT2D eigenvalue weighted by Crippen LogP contribution is -2.34. The van der Waals surface area contributed by atoms with E-state index in [1.807, 2.05) is 46.1 Å². The van der Waals surface area contributed by atoms with Crippen molar-refractivity contribution in [1.82, 2.24) is 0 Å². The lowest BCUT2D eigenvalue weighted by molar-refractivity contribution is -0.698. The monoisotopic (exact) mass is 414 g/mol. The van der Waals surface area contributed by atoms with E-state index in [1.165, 1.54) is 0 Å². The second kappa shape index (κ2) is 12.6. The van der Waals surface area contributed by atoms with Gasteiger partial charge in [0, 0.05) is 25.0 Å². The summed E-state index contributed by atoms with van der Waals surface area (Å²) in [4.78, 5) is 22.8. The first-order chi connectivity index (χ1) is 14.6. The van der Waals surface area contributed by atoms with Crippen LogP contribution in [-0.4, -0.2) is 34.7 Å². The molecule has 0 aromatic carbocycles. The molecule has 0 bridgehead atoms. The number of carbonyl (C=O) groups is 2. The van der Waals surface area contributed by atoms with Crippen LogP contribution in [0.5, 0.6) is 0 Å². The van der Waals surface area contributed by atoms with Crippen LogP contribution in [0.3, 0.4) is 0 Å². The molecule has 4 N–H and O–H groups in total. The summed E-state index contributed by atoms with van der Waals surface area (Å²) < 4.78 is 4.00. The summed E-state index contributed by atoms with van der Waals surface area (Å²) in [6, 6.07) is 7.23. The lowest BCUT2D eigenvalue weighted by atomic mass is 10.2. The first kappa shape index (κ1) is 22.5. The van der Waals surface area contributed by atoms with E-state index in [2.05, 4.69) is 20.9 Å². The van der Waals surface area contributed by atoms with Crippen LogP contribution in [-0.2, 0) is 22.7 Å². The molecular formula is C20H26N6O4+2. The average molecular weight is 414 g/mol. The number of amides is 2. The summed E-state index contributed by atoms with van der Waals surface area (Å²) in [7, 11) is 0. The molecule has 0 saturated heterocycles. The van der Waals surface area contributed by atoms with E-state index in [1.54, 1.807) is 12.1 Å². The third-order valence-corrected chi connectivity index (χ3v) is 4.18. The minimum Gasteiger partial charge on any atom is -0.411 e. The van der Waals surface area contributed by atoms with E-state index in [4.69, 9.17) is 10.4 Å². The second-order valence-corrected chi connectivity index (χ2v) is 6.54. The van der Waals surface area contributed by atoms with Crippen molar-refractivity contribution in [1.29, 1.82) is 0 Å². The van der Waals surface area contributed by atoms with Gasteiger partial charge in [-0.05, 0) is 25.0 Å². The van der Waals surface area contributed by atoms with Crippen LogP contribution in [0.25, 0.3) is 0 Å². The van der Waals surface area contributed by atoms with E-state index in [9.17, 15) is 9.59 Å². The topological polar surface area (TPSA) is 131 Å². The van der Waals surface area contributed by atoms with E-state index in [-0.39, 0.29) is 0 Å². The van der Waals surface area contributed by atoms with Crippen LogP contribution in [0.1, 0.15) is 25.7 Å². The number of nitrogens with zero attached hydrogens (tertiary/aromatic N) is 4. The number of nitrogens with one attached hydrogen (secondary N) is 2.